The number of rotatable bonds is 7. The quantitative estimate of drug-likeness (QED) is 0.693. The highest BCUT2D eigenvalue weighted by atomic mass is 32.2. The first-order valence-corrected chi connectivity index (χ1v) is 8.09. The fourth-order valence-electron chi connectivity index (χ4n) is 2.34. The minimum atomic E-state index is 0.686. The molecule has 1 atom stereocenters. The van der Waals surface area contributed by atoms with Crippen LogP contribution in [0.3, 0.4) is 0 Å². The molecule has 0 aromatic carbocycles. The van der Waals surface area contributed by atoms with Crippen molar-refractivity contribution in [2.24, 2.45) is 0 Å². The normalized spacial score (nSPS) is 21.9. The molecule has 0 aromatic rings. The smallest absolute Gasteiger partial charge is 0.0195 e. The number of hydrogen-bond acceptors (Lipinski definition) is 3. The summed E-state index contributed by atoms with van der Waals surface area (Å²) in [6.07, 6.45) is 7.67. The molecule has 0 aliphatic carbocycles. The van der Waals surface area contributed by atoms with Crippen molar-refractivity contribution >= 4 is 11.8 Å². The van der Waals surface area contributed by atoms with Gasteiger partial charge in [-0.15, -0.1) is 0 Å². The Morgan fingerprint density at radius 1 is 1.38 bits per heavy atom. The first-order valence-electron chi connectivity index (χ1n) is 6.70. The first-order chi connectivity index (χ1) is 7.74. The highest BCUT2D eigenvalue weighted by Crippen LogP contribution is 2.11. The lowest BCUT2D eigenvalue weighted by atomic mass is 10.0. The van der Waals surface area contributed by atoms with Gasteiger partial charge in [0.1, 0.15) is 0 Å². The van der Waals surface area contributed by atoms with Crippen LogP contribution in [-0.4, -0.2) is 48.6 Å². The van der Waals surface area contributed by atoms with Gasteiger partial charge in [-0.2, -0.15) is 11.8 Å². The van der Waals surface area contributed by atoms with Crippen molar-refractivity contribution in [1.29, 1.82) is 0 Å². The minimum absolute atomic E-state index is 0.686. The molecule has 0 radical (unpaired) electrons. The summed E-state index contributed by atoms with van der Waals surface area (Å²) in [6, 6.07) is 1.43. The van der Waals surface area contributed by atoms with Gasteiger partial charge in [0.25, 0.3) is 0 Å². The van der Waals surface area contributed by atoms with Gasteiger partial charge in [-0.1, -0.05) is 6.42 Å². The Morgan fingerprint density at radius 2 is 2.19 bits per heavy atom. The van der Waals surface area contributed by atoms with Gasteiger partial charge in [-0.3, -0.25) is 4.90 Å². The van der Waals surface area contributed by atoms with Crippen LogP contribution < -0.4 is 5.32 Å². The van der Waals surface area contributed by atoms with Gasteiger partial charge in [-0.05, 0) is 58.2 Å². The Hall–Kier alpha value is 0.270. The molecule has 3 heteroatoms. The Balaban J connectivity index is 2.25. The molecule has 0 bridgehead atoms. The Bertz CT molecular complexity index is 167. The Kier molecular flexibility index (Phi) is 7.50. The summed E-state index contributed by atoms with van der Waals surface area (Å²) in [5, 5.41) is 3.65. The topological polar surface area (TPSA) is 15.3 Å². The number of thioether (sulfide) groups is 1. The van der Waals surface area contributed by atoms with Crippen LogP contribution in [0.1, 0.15) is 39.5 Å². The summed E-state index contributed by atoms with van der Waals surface area (Å²) < 4.78 is 0. The van der Waals surface area contributed by atoms with Crippen molar-refractivity contribution in [3.63, 3.8) is 0 Å². The molecule has 0 amide bonds. The molecule has 0 spiro atoms. The molecular formula is C13H28N2S. The second-order valence-electron chi connectivity index (χ2n) is 5.08. The van der Waals surface area contributed by atoms with Gasteiger partial charge in [0.15, 0.2) is 0 Å². The summed E-state index contributed by atoms with van der Waals surface area (Å²) in [6.45, 7) is 8.37. The maximum absolute atomic E-state index is 3.65. The number of hydrogen-bond donors (Lipinski definition) is 1. The molecule has 16 heavy (non-hydrogen) atoms. The van der Waals surface area contributed by atoms with E-state index in [9.17, 15) is 0 Å². The Morgan fingerprint density at radius 3 is 2.75 bits per heavy atom. The van der Waals surface area contributed by atoms with Crippen LogP contribution in [0.25, 0.3) is 0 Å². The molecule has 1 unspecified atom stereocenters. The third kappa shape index (κ3) is 5.55. The van der Waals surface area contributed by atoms with E-state index < -0.39 is 0 Å². The van der Waals surface area contributed by atoms with Gasteiger partial charge in [0.05, 0.1) is 0 Å². The number of piperidine rings is 1. The molecule has 1 heterocycles. The van der Waals surface area contributed by atoms with Crippen LogP contribution in [0.2, 0.25) is 0 Å². The van der Waals surface area contributed by atoms with Crippen LogP contribution in [0.4, 0.5) is 0 Å². The predicted molar refractivity (Wildman–Crippen MR) is 75.3 cm³/mol. The lowest BCUT2D eigenvalue weighted by Crippen LogP contribution is -2.46. The standard InChI is InChI=1S/C13H28N2S/c1-12(2)15(9-6-10-16-3)11-13-7-4-5-8-14-13/h12-14H,4-11H2,1-3H3. The van der Waals surface area contributed by atoms with E-state index in [1.807, 2.05) is 11.8 Å². The van der Waals surface area contributed by atoms with Gasteiger partial charge in [-0.25, -0.2) is 0 Å². The SMILES string of the molecule is CSCCCN(CC1CCCCN1)C(C)C. The third-order valence-corrected chi connectivity index (χ3v) is 4.09. The highest BCUT2D eigenvalue weighted by molar-refractivity contribution is 7.98. The van der Waals surface area contributed by atoms with E-state index >= 15 is 0 Å². The molecule has 1 rings (SSSR count). The zero-order valence-electron chi connectivity index (χ0n) is 11.2. The number of nitrogens with one attached hydrogen (secondary N) is 1. The van der Waals surface area contributed by atoms with Crippen LogP contribution in [0.5, 0.6) is 0 Å². The summed E-state index contributed by atoms with van der Waals surface area (Å²) in [5.74, 6) is 1.29. The molecule has 1 aliphatic heterocycles. The molecular weight excluding hydrogens is 216 g/mol. The van der Waals surface area contributed by atoms with Gasteiger partial charge in [0.2, 0.25) is 0 Å². The van der Waals surface area contributed by atoms with Crippen LogP contribution in [0, 0.1) is 0 Å². The van der Waals surface area contributed by atoms with E-state index in [1.54, 1.807) is 0 Å². The minimum Gasteiger partial charge on any atom is -0.313 e. The van der Waals surface area contributed by atoms with Gasteiger partial charge in [0, 0.05) is 18.6 Å². The van der Waals surface area contributed by atoms with E-state index in [1.165, 1.54) is 51.1 Å². The zero-order chi connectivity index (χ0) is 11.8. The van der Waals surface area contributed by atoms with Crippen molar-refractivity contribution in [2.75, 3.05) is 31.6 Å². The van der Waals surface area contributed by atoms with Crippen molar-refractivity contribution in [1.82, 2.24) is 10.2 Å². The van der Waals surface area contributed by atoms with Crippen LogP contribution in [-0.2, 0) is 0 Å². The fraction of sp³-hybridized carbons (Fsp3) is 1.00. The summed E-state index contributed by atoms with van der Waals surface area (Å²) in [7, 11) is 0. The second kappa shape index (κ2) is 8.37. The summed E-state index contributed by atoms with van der Waals surface area (Å²) in [4.78, 5) is 2.64. The molecule has 2 nitrogen and oxygen atoms in total. The van der Waals surface area contributed by atoms with Crippen molar-refractivity contribution in [3.05, 3.63) is 0 Å². The van der Waals surface area contributed by atoms with Crippen molar-refractivity contribution in [3.8, 4) is 0 Å². The van der Waals surface area contributed by atoms with E-state index in [2.05, 4.69) is 30.3 Å². The molecule has 96 valence electrons. The lowest BCUT2D eigenvalue weighted by molar-refractivity contribution is 0.186. The molecule has 1 N–H and O–H groups in total. The average Bonchev–Trinajstić information content (AvgIpc) is 2.29. The van der Waals surface area contributed by atoms with E-state index in [0.29, 0.717) is 6.04 Å². The second-order valence-corrected chi connectivity index (χ2v) is 6.07. The Labute approximate surface area is 106 Å². The molecule has 1 fully saturated rings. The van der Waals surface area contributed by atoms with E-state index in [4.69, 9.17) is 0 Å². The van der Waals surface area contributed by atoms with Crippen LogP contribution in [0.15, 0.2) is 0 Å². The first kappa shape index (κ1) is 14.3. The van der Waals surface area contributed by atoms with Gasteiger partial charge < -0.3 is 5.32 Å². The van der Waals surface area contributed by atoms with E-state index in [0.717, 1.165) is 6.04 Å². The maximum atomic E-state index is 3.65. The van der Waals surface area contributed by atoms with Crippen molar-refractivity contribution < 1.29 is 0 Å². The van der Waals surface area contributed by atoms with Crippen LogP contribution >= 0.6 is 11.8 Å². The molecule has 0 saturated carbocycles. The number of nitrogens with zero attached hydrogens (tertiary/aromatic N) is 1. The summed E-state index contributed by atoms with van der Waals surface area (Å²) >= 11 is 1.96. The van der Waals surface area contributed by atoms with Crippen molar-refractivity contribution in [2.45, 2.75) is 51.6 Å². The van der Waals surface area contributed by atoms with Gasteiger partial charge >= 0.3 is 0 Å². The lowest BCUT2D eigenvalue weighted by Gasteiger charge is -2.33. The molecule has 1 saturated heterocycles. The fourth-order valence-corrected chi connectivity index (χ4v) is 2.75. The zero-order valence-corrected chi connectivity index (χ0v) is 12.0. The largest absolute Gasteiger partial charge is 0.313 e. The third-order valence-electron chi connectivity index (χ3n) is 3.39. The predicted octanol–water partition coefficient (Wildman–Crippen LogP) is 2.59. The molecule has 0 aromatic heterocycles. The summed E-state index contributed by atoms with van der Waals surface area (Å²) in [5.41, 5.74) is 0. The highest BCUT2D eigenvalue weighted by Gasteiger charge is 2.17. The monoisotopic (exact) mass is 244 g/mol. The van der Waals surface area contributed by atoms with E-state index in [-0.39, 0.29) is 0 Å². The molecule has 1 aliphatic rings. The maximum Gasteiger partial charge on any atom is 0.0195 e. The average molecular weight is 244 g/mol.